The molecule has 14 nitrogen and oxygen atoms in total. The quantitative estimate of drug-likeness (QED) is 0.109. The van der Waals surface area contributed by atoms with E-state index >= 15 is 0 Å². The number of β-amino-alcohol motifs (C(OH)–C–C–N with tert-alkyl or cyclic N) is 1. The maximum atomic E-state index is 14.6. The van der Waals surface area contributed by atoms with Crippen LogP contribution in [-0.4, -0.2) is 87.2 Å². The monoisotopic (exact) mass is 816 g/mol. The van der Waals surface area contributed by atoms with Gasteiger partial charge in [0.25, 0.3) is 0 Å². The molecule has 0 unspecified atom stereocenters. The Kier molecular flexibility index (Phi) is 15.2. The Morgan fingerprint density at radius 2 is 1.80 bits per heavy atom. The number of halogens is 2. The van der Waals surface area contributed by atoms with E-state index in [1.165, 1.54) is 11.0 Å². The van der Waals surface area contributed by atoms with Crippen LogP contribution in [0.4, 0.5) is 9.18 Å². The molecule has 0 bridgehead atoms. The zero-order valence-electron chi connectivity index (χ0n) is 32.1. The van der Waals surface area contributed by atoms with Gasteiger partial charge in [-0.15, -0.1) is 11.3 Å². The number of nitrogens with one attached hydrogen (secondary N) is 3. The Balaban J connectivity index is 1.36. The minimum absolute atomic E-state index is 0.0403. The molecule has 1 saturated heterocycles. The number of carbonyl (C=O) groups is 5. The highest BCUT2D eigenvalue weighted by Crippen LogP contribution is 2.32. The number of benzene rings is 2. The maximum Gasteiger partial charge on any atom is 0.404 e. The van der Waals surface area contributed by atoms with Crippen molar-refractivity contribution in [3.8, 4) is 16.2 Å². The number of hydrogen-bond donors (Lipinski definition) is 6. The Morgan fingerprint density at radius 3 is 2.41 bits per heavy atom. The summed E-state index contributed by atoms with van der Waals surface area (Å²) in [6, 6.07) is 6.87. The van der Waals surface area contributed by atoms with Crippen molar-refractivity contribution in [1.29, 1.82) is 0 Å². The van der Waals surface area contributed by atoms with E-state index in [-0.39, 0.29) is 68.5 Å². The molecule has 2 heterocycles. The first-order valence-electron chi connectivity index (χ1n) is 18.3. The number of aromatic nitrogens is 1. The number of aryl methyl sites for hydroxylation is 2. The first-order chi connectivity index (χ1) is 26.3. The number of amides is 5. The van der Waals surface area contributed by atoms with Crippen molar-refractivity contribution in [2.75, 3.05) is 13.2 Å². The Morgan fingerprint density at radius 1 is 1.11 bits per heavy atom. The summed E-state index contributed by atoms with van der Waals surface area (Å²) in [5.74, 6) is -2.70. The highest BCUT2D eigenvalue weighted by molar-refractivity contribution is 7.13. The van der Waals surface area contributed by atoms with Gasteiger partial charge in [-0.2, -0.15) is 0 Å². The van der Waals surface area contributed by atoms with Crippen LogP contribution < -0.4 is 26.4 Å². The number of rotatable bonds is 17. The summed E-state index contributed by atoms with van der Waals surface area (Å²) in [6.45, 7) is 8.83. The van der Waals surface area contributed by atoms with Crippen LogP contribution >= 0.6 is 22.9 Å². The number of thiazole rings is 1. The highest BCUT2D eigenvalue weighted by Gasteiger charge is 2.44. The summed E-state index contributed by atoms with van der Waals surface area (Å²) in [5, 5.41) is 27.8. The first-order valence-corrected chi connectivity index (χ1v) is 19.6. The summed E-state index contributed by atoms with van der Waals surface area (Å²) >= 11 is 8.06. The molecule has 2 aromatic carbocycles. The molecule has 3 aromatic rings. The van der Waals surface area contributed by atoms with Crippen LogP contribution in [0.5, 0.6) is 5.75 Å². The summed E-state index contributed by atoms with van der Waals surface area (Å²) < 4.78 is 20.2. The van der Waals surface area contributed by atoms with Gasteiger partial charge in [-0.25, -0.2) is 14.2 Å². The van der Waals surface area contributed by atoms with E-state index in [9.17, 15) is 33.5 Å². The average molecular weight is 817 g/mol. The summed E-state index contributed by atoms with van der Waals surface area (Å²) in [7, 11) is 0. The average Bonchev–Trinajstić information content (AvgIpc) is 3.74. The molecule has 56 heavy (non-hydrogen) atoms. The molecule has 1 aromatic heterocycles. The predicted molar refractivity (Wildman–Crippen MR) is 210 cm³/mol. The minimum atomic E-state index is -1.34. The zero-order valence-corrected chi connectivity index (χ0v) is 33.6. The second kappa shape index (κ2) is 19.4. The lowest BCUT2D eigenvalue weighted by Gasteiger charge is -2.35. The third-order valence-electron chi connectivity index (χ3n) is 9.50. The molecule has 17 heteroatoms. The van der Waals surface area contributed by atoms with Gasteiger partial charge in [-0.3, -0.25) is 19.2 Å². The fourth-order valence-corrected chi connectivity index (χ4v) is 7.54. The molecule has 304 valence electrons. The van der Waals surface area contributed by atoms with Crippen molar-refractivity contribution < 1.29 is 43.3 Å². The maximum absolute atomic E-state index is 14.6. The fourth-order valence-electron chi connectivity index (χ4n) is 6.47. The van der Waals surface area contributed by atoms with Crippen LogP contribution in [0.3, 0.4) is 0 Å². The van der Waals surface area contributed by atoms with E-state index in [4.69, 9.17) is 27.2 Å². The zero-order chi connectivity index (χ0) is 41.3. The van der Waals surface area contributed by atoms with Crippen molar-refractivity contribution in [3.05, 3.63) is 69.6 Å². The van der Waals surface area contributed by atoms with E-state index < -0.39 is 65.2 Å². The third kappa shape index (κ3) is 12.1. The Bertz CT molecular complexity index is 1890. The lowest BCUT2D eigenvalue weighted by atomic mass is 9.85. The Labute approximate surface area is 334 Å². The molecule has 4 rings (SSSR count). The number of aliphatic hydroxyl groups is 1. The number of likely N-dealkylation sites (tertiary alicyclic amines) is 1. The minimum Gasteiger partial charge on any atom is -0.490 e. The molecule has 7 N–H and O–H groups in total. The summed E-state index contributed by atoms with van der Waals surface area (Å²) in [6.07, 6.45) is -1.92. The van der Waals surface area contributed by atoms with Gasteiger partial charge in [0.2, 0.25) is 23.6 Å². The molecule has 5 amide bonds. The van der Waals surface area contributed by atoms with Crippen molar-refractivity contribution >= 4 is 52.7 Å². The van der Waals surface area contributed by atoms with Crippen LogP contribution in [0.25, 0.3) is 10.4 Å². The lowest BCUT2D eigenvalue weighted by Crippen LogP contribution is -2.57. The molecule has 1 aliphatic heterocycles. The number of carbonyl (C=O) groups excluding carboxylic acids is 4. The number of primary amides is 1. The lowest BCUT2D eigenvalue weighted by molar-refractivity contribution is -0.144. The molecule has 0 radical (unpaired) electrons. The van der Waals surface area contributed by atoms with E-state index in [2.05, 4.69) is 20.9 Å². The standard InChI is InChI=1S/C39H50ClFN6O8S/c1-21(23-9-11-24(12-10-23)34-22(2)43-20-56-34)44-36(51)29-17-28(48)18-47(29)37(52)35(39(3,4)5)46-32(50)8-6-7-25-15-26(41)16-30(33(25)40)55-19-27(45-38(53)54)13-14-31(42)49/h9-12,15-16,20-21,27-29,35,45,48H,6-8,13-14,17-19H2,1-5H3,(H2,42,49)(H,44,51)(H,46,50)(H,53,54)/t21-,27-,28+,29-,35+/m0/s1. The number of hydrogen-bond acceptors (Lipinski definition) is 9. The van der Waals surface area contributed by atoms with Crippen molar-refractivity contribution in [2.24, 2.45) is 11.1 Å². The van der Waals surface area contributed by atoms with Gasteiger partial charge in [0.15, 0.2) is 0 Å². The smallest absolute Gasteiger partial charge is 0.404 e. The largest absolute Gasteiger partial charge is 0.490 e. The van der Waals surface area contributed by atoms with Crippen molar-refractivity contribution in [1.82, 2.24) is 25.8 Å². The molecule has 1 aliphatic rings. The number of aliphatic hydroxyl groups excluding tert-OH is 1. The predicted octanol–water partition coefficient (Wildman–Crippen LogP) is 4.88. The van der Waals surface area contributed by atoms with E-state index in [0.29, 0.717) is 5.56 Å². The molecule has 0 saturated carbocycles. The van der Waals surface area contributed by atoms with E-state index in [1.54, 1.807) is 37.6 Å². The van der Waals surface area contributed by atoms with Crippen molar-refractivity contribution in [3.63, 3.8) is 0 Å². The topological polar surface area (TPSA) is 213 Å². The SMILES string of the molecule is Cc1ncsc1-c1ccc([C@H](C)NC(=O)[C@@H]2C[C@@H](O)CN2C(=O)[C@@H](NC(=O)CCCc2cc(F)cc(OC[C@H](CCC(N)=O)NC(=O)O)c2Cl)C(C)(C)C)cc1. The normalized spacial score (nSPS) is 17.1. The molecule has 5 atom stereocenters. The van der Waals surface area contributed by atoms with Crippen LogP contribution in [0.2, 0.25) is 5.02 Å². The van der Waals surface area contributed by atoms with E-state index in [1.807, 2.05) is 38.1 Å². The first kappa shape index (κ1) is 43.9. The summed E-state index contributed by atoms with van der Waals surface area (Å²) in [4.78, 5) is 70.0. The second-order valence-electron chi connectivity index (χ2n) is 15.1. The third-order valence-corrected chi connectivity index (χ3v) is 10.9. The Hall–Kier alpha value is -4.80. The van der Waals surface area contributed by atoms with Gasteiger partial charge in [0.05, 0.1) is 39.3 Å². The number of carboxylic acid groups (broad SMARTS) is 1. The fraction of sp³-hybridized carbons (Fsp3) is 0.487. The number of nitrogens with two attached hydrogens (primary N) is 1. The van der Waals surface area contributed by atoms with Gasteiger partial charge >= 0.3 is 6.09 Å². The molecular weight excluding hydrogens is 767 g/mol. The molecule has 0 spiro atoms. The number of ether oxygens (including phenoxy) is 1. The van der Waals surface area contributed by atoms with Gasteiger partial charge in [-0.05, 0) is 61.3 Å². The second-order valence-corrected chi connectivity index (χ2v) is 16.3. The summed E-state index contributed by atoms with van der Waals surface area (Å²) in [5.41, 5.74) is 9.37. The molecule has 1 fully saturated rings. The van der Waals surface area contributed by atoms with Gasteiger partial charge in [-0.1, -0.05) is 56.6 Å². The number of nitrogens with zero attached hydrogens (tertiary/aromatic N) is 2. The van der Waals surface area contributed by atoms with Crippen LogP contribution in [0.15, 0.2) is 41.9 Å². The molecular formula is C39H50ClFN6O8S. The van der Waals surface area contributed by atoms with Crippen LogP contribution in [0, 0.1) is 18.2 Å². The van der Waals surface area contributed by atoms with Crippen LogP contribution in [-0.2, 0) is 25.6 Å². The van der Waals surface area contributed by atoms with Crippen LogP contribution in [0.1, 0.15) is 82.7 Å². The van der Waals surface area contributed by atoms with Gasteiger partial charge in [0.1, 0.15) is 30.3 Å². The van der Waals surface area contributed by atoms with Gasteiger partial charge in [0, 0.05) is 31.9 Å². The highest BCUT2D eigenvalue weighted by atomic mass is 35.5. The van der Waals surface area contributed by atoms with Gasteiger partial charge < -0.3 is 41.5 Å². The van der Waals surface area contributed by atoms with Crippen molar-refractivity contribution in [2.45, 2.75) is 103 Å². The van der Waals surface area contributed by atoms with E-state index in [0.717, 1.165) is 27.8 Å². The molecule has 0 aliphatic carbocycles.